The Hall–Kier alpha value is -4.88. The van der Waals surface area contributed by atoms with E-state index in [2.05, 4.69) is 127 Å². The number of fused-ring (bicyclic) bond motifs is 13. The van der Waals surface area contributed by atoms with Crippen LogP contribution in [0.3, 0.4) is 0 Å². The third kappa shape index (κ3) is 2.33. The number of hydrogen-bond acceptors (Lipinski definition) is 1. The number of furan rings is 1. The van der Waals surface area contributed by atoms with Gasteiger partial charge in [0, 0.05) is 16.3 Å². The van der Waals surface area contributed by atoms with Crippen molar-refractivity contribution in [3.8, 4) is 33.4 Å². The Bertz CT molecular complexity index is 2030. The molecule has 0 N–H and O–H groups in total. The molecule has 0 atom stereocenters. The van der Waals surface area contributed by atoms with Gasteiger partial charge in [-0.2, -0.15) is 0 Å². The second kappa shape index (κ2) is 7.12. The van der Waals surface area contributed by atoms with E-state index < -0.39 is 0 Å². The van der Waals surface area contributed by atoms with Crippen molar-refractivity contribution in [1.29, 1.82) is 0 Å². The topological polar surface area (TPSA) is 13.1 Å². The van der Waals surface area contributed by atoms with E-state index in [1.807, 2.05) is 6.07 Å². The fourth-order valence-corrected chi connectivity index (χ4v) is 7.24. The van der Waals surface area contributed by atoms with Crippen molar-refractivity contribution < 1.29 is 4.42 Å². The molecule has 6 aromatic carbocycles. The van der Waals surface area contributed by atoms with Gasteiger partial charge in [-0.3, -0.25) is 0 Å². The first kappa shape index (κ1) is 20.2. The van der Waals surface area contributed by atoms with Crippen LogP contribution in [0, 0.1) is 0 Å². The Morgan fingerprint density at radius 1 is 0.395 bits per heavy atom. The molecule has 0 fully saturated rings. The summed E-state index contributed by atoms with van der Waals surface area (Å²) in [6.07, 6.45) is 0. The van der Waals surface area contributed by atoms with E-state index in [4.69, 9.17) is 4.42 Å². The van der Waals surface area contributed by atoms with Crippen LogP contribution in [0.5, 0.6) is 0 Å². The quantitative estimate of drug-likeness (QED) is 0.227. The molecule has 0 bridgehead atoms. The second-order valence-electron chi connectivity index (χ2n) is 10.4. The van der Waals surface area contributed by atoms with E-state index in [-0.39, 0.29) is 5.41 Å². The van der Waals surface area contributed by atoms with Gasteiger partial charge >= 0.3 is 0 Å². The molecule has 1 heterocycles. The highest BCUT2D eigenvalue weighted by Crippen LogP contribution is 2.63. The van der Waals surface area contributed by atoms with Crippen LogP contribution < -0.4 is 0 Å². The molecular weight excluding hydrogens is 460 g/mol. The minimum absolute atomic E-state index is 0.336. The molecule has 0 saturated carbocycles. The number of hydrogen-bond donors (Lipinski definition) is 0. The van der Waals surface area contributed by atoms with Gasteiger partial charge in [-0.15, -0.1) is 0 Å². The normalized spacial score (nSPS) is 14.0. The maximum atomic E-state index is 6.45. The van der Waals surface area contributed by atoms with E-state index in [1.165, 1.54) is 50.1 Å². The maximum Gasteiger partial charge on any atom is 0.143 e. The van der Waals surface area contributed by atoms with E-state index in [0.29, 0.717) is 0 Å². The van der Waals surface area contributed by atoms with Gasteiger partial charge in [0.2, 0.25) is 0 Å². The van der Waals surface area contributed by atoms with Crippen LogP contribution in [0.2, 0.25) is 0 Å². The molecule has 7 aromatic rings. The molecule has 2 aliphatic rings. The van der Waals surface area contributed by atoms with Crippen LogP contribution in [0.15, 0.2) is 138 Å². The highest BCUT2D eigenvalue weighted by Gasteiger charge is 2.51. The molecule has 38 heavy (non-hydrogen) atoms. The van der Waals surface area contributed by atoms with Gasteiger partial charge in [0.1, 0.15) is 11.2 Å². The lowest BCUT2D eigenvalue weighted by Gasteiger charge is -2.30. The maximum absolute atomic E-state index is 6.45. The van der Waals surface area contributed by atoms with Crippen molar-refractivity contribution in [3.05, 3.63) is 156 Å². The number of para-hydroxylation sites is 2. The predicted octanol–water partition coefficient (Wildman–Crippen LogP) is 9.60. The molecule has 0 amide bonds. The van der Waals surface area contributed by atoms with Gasteiger partial charge in [0.05, 0.1) is 5.41 Å². The van der Waals surface area contributed by atoms with Gasteiger partial charge in [-0.05, 0) is 62.2 Å². The fourth-order valence-electron chi connectivity index (χ4n) is 7.24. The van der Waals surface area contributed by atoms with Crippen molar-refractivity contribution in [3.63, 3.8) is 0 Å². The summed E-state index contributed by atoms with van der Waals surface area (Å²) in [5, 5.41) is 2.32. The van der Waals surface area contributed by atoms with Crippen LogP contribution in [0.1, 0.15) is 22.3 Å². The Morgan fingerprint density at radius 3 is 1.61 bits per heavy atom. The lowest BCUT2D eigenvalue weighted by Crippen LogP contribution is -2.25. The third-order valence-corrected chi connectivity index (χ3v) is 8.71. The number of benzene rings is 6. The molecule has 2 aliphatic carbocycles. The summed E-state index contributed by atoms with van der Waals surface area (Å²) in [4.78, 5) is 0. The monoisotopic (exact) mass is 482 g/mol. The fraction of sp³-hybridized carbons (Fsp3) is 0.0270. The van der Waals surface area contributed by atoms with Gasteiger partial charge in [-0.1, -0.05) is 121 Å². The first-order valence-corrected chi connectivity index (χ1v) is 13.2. The zero-order valence-electron chi connectivity index (χ0n) is 20.6. The average molecular weight is 483 g/mol. The second-order valence-corrected chi connectivity index (χ2v) is 10.4. The molecule has 0 saturated heterocycles. The average Bonchev–Trinajstić information content (AvgIpc) is 3.61. The molecule has 176 valence electrons. The molecule has 0 radical (unpaired) electrons. The Balaban J connectivity index is 1.39. The van der Waals surface area contributed by atoms with Crippen LogP contribution in [0.25, 0.3) is 55.3 Å². The summed E-state index contributed by atoms with van der Waals surface area (Å²) >= 11 is 0. The summed E-state index contributed by atoms with van der Waals surface area (Å²) in [6.45, 7) is 0. The Labute approximate surface area is 220 Å². The van der Waals surface area contributed by atoms with E-state index in [9.17, 15) is 0 Å². The molecule has 0 aliphatic heterocycles. The predicted molar refractivity (Wildman–Crippen MR) is 155 cm³/mol. The van der Waals surface area contributed by atoms with Crippen LogP contribution in [-0.2, 0) is 5.41 Å². The van der Waals surface area contributed by atoms with Crippen molar-refractivity contribution in [1.82, 2.24) is 0 Å². The minimum Gasteiger partial charge on any atom is -0.455 e. The first-order chi connectivity index (χ1) is 18.9. The Morgan fingerprint density at radius 2 is 0.921 bits per heavy atom. The van der Waals surface area contributed by atoms with Crippen LogP contribution in [-0.4, -0.2) is 0 Å². The van der Waals surface area contributed by atoms with Crippen molar-refractivity contribution in [2.45, 2.75) is 5.41 Å². The first-order valence-electron chi connectivity index (χ1n) is 13.2. The molecule has 1 aromatic heterocycles. The van der Waals surface area contributed by atoms with E-state index in [1.54, 1.807) is 0 Å². The summed E-state index contributed by atoms with van der Waals surface area (Å²) in [6, 6.07) is 48.7. The van der Waals surface area contributed by atoms with Crippen molar-refractivity contribution >= 4 is 21.9 Å². The molecule has 1 heteroatoms. The highest BCUT2D eigenvalue weighted by atomic mass is 16.3. The SMILES string of the molecule is c1ccc2c(c1)-c1ccccc1C21c2ccccc2-c2ccc(-c3cccc4c3oc3ccccc34)cc21. The van der Waals surface area contributed by atoms with Crippen LogP contribution in [0.4, 0.5) is 0 Å². The summed E-state index contributed by atoms with van der Waals surface area (Å²) < 4.78 is 6.45. The van der Waals surface area contributed by atoms with E-state index >= 15 is 0 Å². The zero-order chi connectivity index (χ0) is 24.8. The summed E-state index contributed by atoms with van der Waals surface area (Å²) in [5.41, 5.74) is 14.6. The van der Waals surface area contributed by atoms with Gasteiger partial charge in [0.25, 0.3) is 0 Å². The summed E-state index contributed by atoms with van der Waals surface area (Å²) in [5.74, 6) is 0. The lowest BCUT2D eigenvalue weighted by molar-refractivity contribution is 0.670. The third-order valence-electron chi connectivity index (χ3n) is 8.71. The largest absolute Gasteiger partial charge is 0.455 e. The Kier molecular flexibility index (Phi) is 3.78. The minimum atomic E-state index is -0.336. The molecule has 1 nitrogen and oxygen atoms in total. The lowest BCUT2D eigenvalue weighted by atomic mass is 9.70. The molecule has 0 unspecified atom stereocenters. The smallest absolute Gasteiger partial charge is 0.143 e. The van der Waals surface area contributed by atoms with Gasteiger partial charge in [-0.25, -0.2) is 0 Å². The highest BCUT2D eigenvalue weighted by molar-refractivity contribution is 6.09. The van der Waals surface area contributed by atoms with Crippen molar-refractivity contribution in [2.75, 3.05) is 0 Å². The zero-order valence-corrected chi connectivity index (χ0v) is 20.6. The molecule has 9 rings (SSSR count). The molecule has 1 spiro atoms. The van der Waals surface area contributed by atoms with Crippen molar-refractivity contribution in [2.24, 2.45) is 0 Å². The standard InChI is InChI=1S/C37H22O/c1-5-16-31-25(10-1)26-11-2-6-17-32(26)37(31)33-18-7-3-12-27(33)28-21-20-23(22-34(28)37)24-14-9-15-30-29-13-4-8-19-35(29)38-36(24)30/h1-22H. The van der Waals surface area contributed by atoms with Crippen LogP contribution >= 0.6 is 0 Å². The van der Waals surface area contributed by atoms with Gasteiger partial charge < -0.3 is 4.42 Å². The van der Waals surface area contributed by atoms with Gasteiger partial charge in [0.15, 0.2) is 0 Å². The molecular formula is C37H22O. The van der Waals surface area contributed by atoms with E-state index in [0.717, 1.165) is 27.5 Å². The summed E-state index contributed by atoms with van der Waals surface area (Å²) in [7, 11) is 0. The number of rotatable bonds is 1.